The molecule has 4 heterocycles. The van der Waals surface area contributed by atoms with Crippen molar-refractivity contribution in [3.63, 3.8) is 0 Å². The maximum absolute atomic E-state index is 13.1. The topological polar surface area (TPSA) is 145 Å². The fourth-order valence-electron chi connectivity index (χ4n) is 6.61. The highest BCUT2D eigenvalue weighted by Gasteiger charge is 2.30. The Hall–Kier alpha value is -4.78. The average Bonchev–Trinajstić information content (AvgIpc) is 3.71. The Balaban J connectivity index is 1.22. The number of nitrogens with one attached hydrogen (secondary N) is 3. The van der Waals surface area contributed by atoms with Gasteiger partial charge in [0.1, 0.15) is 17.5 Å². The average molecular weight is 688 g/mol. The van der Waals surface area contributed by atoms with Crippen LogP contribution in [-0.2, 0) is 25.3 Å². The fourth-order valence-corrected chi connectivity index (χ4v) is 7.21. The maximum atomic E-state index is 13.1. The Kier molecular flexibility index (Phi) is 8.40. The van der Waals surface area contributed by atoms with Gasteiger partial charge in [0.2, 0.25) is 11.8 Å². The van der Waals surface area contributed by atoms with Gasteiger partial charge < -0.3 is 20.7 Å². The van der Waals surface area contributed by atoms with Gasteiger partial charge >= 0.3 is 5.69 Å². The summed E-state index contributed by atoms with van der Waals surface area (Å²) in [4.78, 5) is 50.5. The third kappa shape index (κ3) is 5.49. The van der Waals surface area contributed by atoms with Crippen molar-refractivity contribution >= 4 is 51.6 Å². The van der Waals surface area contributed by atoms with E-state index in [2.05, 4.69) is 32.0 Å². The lowest BCUT2D eigenvalue weighted by atomic mass is 9.99. The molecule has 0 spiro atoms. The number of carbonyl (C=O) groups excluding carboxylic acids is 1. The van der Waals surface area contributed by atoms with Crippen LogP contribution in [0.3, 0.4) is 0 Å². The summed E-state index contributed by atoms with van der Waals surface area (Å²) >= 11 is 14.1. The highest BCUT2D eigenvalue weighted by molar-refractivity contribution is 6.39. The monoisotopic (exact) mass is 686 g/mol. The highest BCUT2D eigenvalue weighted by atomic mass is 35.5. The standard InChI is InChI=1S/C34H32Cl2N8O4/c1-43-31-27(33(46)44(2)34(43)47)30(38-16-39-31)41-23-9-5-7-20(29(23)36)19-6-4-8-21(28(19)35)24-14-17-10-12-22(26(17)32(42-24)48-3)37-15-18-11-13-25(45)40-18/h4-9,14,16,18,22,37H,10-13,15H2,1-3H3,(H,40,45)(H,38,39,41). The normalized spacial score (nSPS) is 17.1. The van der Waals surface area contributed by atoms with Crippen molar-refractivity contribution in [2.45, 2.75) is 37.8 Å². The highest BCUT2D eigenvalue weighted by Crippen LogP contribution is 2.44. The Morgan fingerprint density at radius 3 is 2.46 bits per heavy atom. The minimum atomic E-state index is -0.527. The van der Waals surface area contributed by atoms with E-state index < -0.39 is 11.2 Å². The van der Waals surface area contributed by atoms with E-state index in [4.69, 9.17) is 32.9 Å². The molecule has 2 unspecified atom stereocenters. The summed E-state index contributed by atoms with van der Waals surface area (Å²) in [6.07, 6.45) is 4.42. The van der Waals surface area contributed by atoms with E-state index in [9.17, 15) is 14.4 Å². The molecule has 2 aliphatic rings. The molecule has 14 heteroatoms. The van der Waals surface area contributed by atoms with Crippen molar-refractivity contribution in [2.75, 3.05) is 19.0 Å². The number of fused-ring (bicyclic) bond motifs is 2. The lowest BCUT2D eigenvalue weighted by Gasteiger charge is -2.20. The summed E-state index contributed by atoms with van der Waals surface area (Å²) in [5, 5.41) is 10.8. The number of aromatic nitrogens is 5. The van der Waals surface area contributed by atoms with E-state index in [-0.39, 0.29) is 34.8 Å². The number of ether oxygens (including phenoxy) is 1. The quantitative estimate of drug-likeness (QED) is 0.212. The first-order chi connectivity index (χ1) is 23.2. The number of nitrogens with zero attached hydrogens (tertiary/aromatic N) is 5. The van der Waals surface area contributed by atoms with Crippen LogP contribution in [0.15, 0.2) is 58.4 Å². The van der Waals surface area contributed by atoms with E-state index in [1.165, 1.54) is 17.9 Å². The summed E-state index contributed by atoms with van der Waals surface area (Å²) in [6, 6.07) is 13.4. The van der Waals surface area contributed by atoms with E-state index in [1.807, 2.05) is 30.3 Å². The number of rotatable bonds is 8. The molecule has 1 aliphatic carbocycles. The minimum absolute atomic E-state index is 0.0712. The van der Waals surface area contributed by atoms with Crippen LogP contribution in [0.25, 0.3) is 33.4 Å². The number of hydrogen-bond donors (Lipinski definition) is 3. The van der Waals surface area contributed by atoms with Gasteiger partial charge in [0.15, 0.2) is 5.65 Å². The number of methoxy groups -OCH3 is 1. The van der Waals surface area contributed by atoms with Gasteiger partial charge in [-0.15, -0.1) is 0 Å². The summed E-state index contributed by atoms with van der Waals surface area (Å²) in [7, 11) is 4.57. The third-order valence-corrected chi connectivity index (χ3v) is 9.92. The zero-order valence-electron chi connectivity index (χ0n) is 26.4. The molecule has 1 saturated heterocycles. The molecule has 48 heavy (non-hydrogen) atoms. The van der Waals surface area contributed by atoms with Crippen molar-refractivity contribution < 1.29 is 9.53 Å². The molecular formula is C34H32Cl2N8O4. The molecule has 12 nitrogen and oxygen atoms in total. The zero-order chi connectivity index (χ0) is 33.7. The summed E-state index contributed by atoms with van der Waals surface area (Å²) < 4.78 is 8.10. The fraction of sp³-hybridized carbons (Fsp3) is 0.294. The molecule has 1 fully saturated rings. The summed E-state index contributed by atoms with van der Waals surface area (Å²) in [5.41, 5.74) is 4.58. The second-order valence-electron chi connectivity index (χ2n) is 12.0. The molecule has 0 saturated carbocycles. The Morgan fingerprint density at radius 2 is 1.71 bits per heavy atom. The van der Waals surface area contributed by atoms with Crippen LogP contribution in [0.1, 0.15) is 36.4 Å². The van der Waals surface area contributed by atoms with Crippen molar-refractivity contribution in [2.24, 2.45) is 14.1 Å². The predicted octanol–water partition coefficient (Wildman–Crippen LogP) is 4.67. The van der Waals surface area contributed by atoms with Crippen LogP contribution in [0.4, 0.5) is 11.5 Å². The summed E-state index contributed by atoms with van der Waals surface area (Å²) in [6.45, 7) is 0.688. The van der Waals surface area contributed by atoms with Gasteiger partial charge in [-0.1, -0.05) is 53.5 Å². The maximum Gasteiger partial charge on any atom is 0.332 e. The molecular weight excluding hydrogens is 655 g/mol. The number of amides is 1. The van der Waals surface area contributed by atoms with E-state index in [0.717, 1.165) is 40.5 Å². The molecule has 0 radical (unpaired) electrons. The van der Waals surface area contributed by atoms with Gasteiger partial charge in [-0.2, -0.15) is 0 Å². The second-order valence-corrected chi connectivity index (χ2v) is 12.7. The molecule has 246 valence electrons. The number of halogens is 2. The molecule has 3 N–H and O–H groups in total. The van der Waals surface area contributed by atoms with E-state index >= 15 is 0 Å². The number of benzene rings is 2. The third-order valence-electron chi connectivity index (χ3n) is 9.10. The molecule has 3 aromatic heterocycles. The van der Waals surface area contributed by atoms with Crippen molar-refractivity contribution in [1.82, 2.24) is 34.7 Å². The number of carbonyl (C=O) groups is 1. The number of pyridine rings is 1. The van der Waals surface area contributed by atoms with Gasteiger partial charge in [0.25, 0.3) is 5.56 Å². The van der Waals surface area contributed by atoms with Crippen molar-refractivity contribution in [3.05, 3.63) is 90.8 Å². The Morgan fingerprint density at radius 1 is 0.958 bits per heavy atom. The molecule has 2 aromatic carbocycles. The molecule has 2 atom stereocenters. The molecule has 1 aliphatic heterocycles. The van der Waals surface area contributed by atoms with Gasteiger partial charge in [-0.3, -0.25) is 18.7 Å². The molecule has 7 rings (SSSR count). The van der Waals surface area contributed by atoms with Gasteiger partial charge in [0.05, 0.1) is 28.5 Å². The molecule has 1 amide bonds. The van der Waals surface area contributed by atoms with E-state index in [0.29, 0.717) is 51.4 Å². The zero-order valence-corrected chi connectivity index (χ0v) is 27.9. The SMILES string of the molecule is COc1nc(-c2cccc(-c3cccc(Nc4ncnc5c4c(=O)n(C)c(=O)n5C)c3Cl)c2Cl)cc2c1C(NCC1CCC(=O)N1)CC2. The minimum Gasteiger partial charge on any atom is -0.481 e. The molecule has 0 bridgehead atoms. The lowest BCUT2D eigenvalue weighted by molar-refractivity contribution is -0.119. The number of anilines is 2. The van der Waals surface area contributed by atoms with Gasteiger partial charge in [0, 0.05) is 61.4 Å². The van der Waals surface area contributed by atoms with Gasteiger partial charge in [-0.25, -0.2) is 19.7 Å². The van der Waals surface area contributed by atoms with Crippen LogP contribution in [0.5, 0.6) is 5.88 Å². The van der Waals surface area contributed by atoms with Crippen LogP contribution >= 0.6 is 23.2 Å². The van der Waals surface area contributed by atoms with Crippen LogP contribution in [0, 0.1) is 0 Å². The predicted molar refractivity (Wildman–Crippen MR) is 185 cm³/mol. The first kappa shape index (κ1) is 31.8. The second kappa shape index (κ2) is 12.7. The number of aryl methyl sites for hydroxylation is 2. The summed E-state index contributed by atoms with van der Waals surface area (Å²) in [5.74, 6) is 0.853. The first-order valence-corrected chi connectivity index (χ1v) is 16.3. The molecule has 5 aromatic rings. The van der Waals surface area contributed by atoms with Crippen LogP contribution in [-0.4, -0.2) is 49.7 Å². The Labute approximate surface area is 285 Å². The lowest BCUT2D eigenvalue weighted by Crippen LogP contribution is -2.37. The smallest absolute Gasteiger partial charge is 0.332 e. The van der Waals surface area contributed by atoms with Gasteiger partial charge in [-0.05, 0) is 37.0 Å². The van der Waals surface area contributed by atoms with Crippen molar-refractivity contribution in [1.29, 1.82) is 0 Å². The Bertz CT molecular complexity index is 2230. The largest absolute Gasteiger partial charge is 0.481 e. The van der Waals surface area contributed by atoms with Crippen LogP contribution in [0.2, 0.25) is 10.0 Å². The van der Waals surface area contributed by atoms with Crippen molar-refractivity contribution in [3.8, 4) is 28.3 Å². The van der Waals surface area contributed by atoms with E-state index in [1.54, 1.807) is 20.2 Å². The first-order valence-electron chi connectivity index (χ1n) is 15.5. The van der Waals surface area contributed by atoms with Crippen LogP contribution < -0.4 is 31.9 Å². The number of hydrogen-bond acceptors (Lipinski definition) is 9.